The molecule has 0 aliphatic rings. The lowest BCUT2D eigenvalue weighted by atomic mass is 10.1. The van der Waals surface area contributed by atoms with E-state index >= 15 is 0 Å². The van der Waals surface area contributed by atoms with Gasteiger partial charge in [0.2, 0.25) is 0 Å². The summed E-state index contributed by atoms with van der Waals surface area (Å²) in [6, 6.07) is 18.7. The van der Waals surface area contributed by atoms with Crippen LogP contribution in [0.2, 0.25) is 0 Å². The van der Waals surface area contributed by atoms with E-state index in [-0.39, 0.29) is 27.7 Å². The number of amides is 2. The lowest BCUT2D eigenvalue weighted by Crippen LogP contribution is -2.46. The molecule has 0 aliphatic carbocycles. The van der Waals surface area contributed by atoms with Crippen molar-refractivity contribution in [2.24, 2.45) is 0 Å². The monoisotopic (exact) mass is 408 g/mol. The molecule has 10 nitrogen and oxygen atoms in total. The highest BCUT2D eigenvalue weighted by molar-refractivity contribution is 6.09. The largest absolute Gasteiger partial charge is 0.769 e. The fraction of sp³-hybridized carbons (Fsp3) is 0. The second kappa shape index (κ2) is 9.03. The Bertz CT molecular complexity index is 1010. The second-order valence-electron chi connectivity index (χ2n) is 6.06. The fourth-order valence-electron chi connectivity index (χ4n) is 2.58. The molecule has 0 radical (unpaired) electrons. The van der Waals surface area contributed by atoms with Crippen LogP contribution in [0.15, 0.2) is 78.9 Å². The van der Waals surface area contributed by atoms with Crippen LogP contribution in [-0.2, 0) is 0 Å². The van der Waals surface area contributed by atoms with Crippen LogP contribution < -0.4 is 20.9 Å². The van der Waals surface area contributed by atoms with E-state index in [0.29, 0.717) is 5.69 Å². The number of hydrogen-bond acceptors (Lipinski definition) is 8. The summed E-state index contributed by atoms with van der Waals surface area (Å²) in [5.74, 6) is -1.22. The third-order valence-electron chi connectivity index (χ3n) is 4.12. The molecular weight excluding hydrogens is 392 g/mol. The maximum absolute atomic E-state index is 13.0. The third-order valence-corrected chi connectivity index (χ3v) is 4.12. The number of carbonyl (C=O) groups is 2. The highest BCUT2D eigenvalue weighted by Gasteiger charge is 2.21. The maximum atomic E-state index is 13.0. The molecule has 3 rings (SSSR count). The lowest BCUT2D eigenvalue weighted by molar-refractivity contribution is 0.0291. The van der Waals surface area contributed by atoms with Gasteiger partial charge in [-0.3, -0.25) is 25.4 Å². The summed E-state index contributed by atoms with van der Waals surface area (Å²) in [5.41, 5.74) is 3.07. The van der Waals surface area contributed by atoms with Gasteiger partial charge in [0, 0.05) is 16.8 Å². The maximum Gasteiger partial charge on any atom is 0.277 e. The number of para-hydroxylation sites is 1. The molecule has 3 N–H and O–H groups in total. The van der Waals surface area contributed by atoms with Gasteiger partial charge in [0.25, 0.3) is 11.8 Å². The predicted octanol–water partition coefficient (Wildman–Crippen LogP) is 3.07. The summed E-state index contributed by atoms with van der Waals surface area (Å²) in [6.45, 7) is 0. The quantitative estimate of drug-likeness (QED) is 0.547. The molecule has 3 aromatic rings. The molecule has 0 atom stereocenters. The van der Waals surface area contributed by atoms with Crippen molar-refractivity contribution in [1.82, 2.24) is 5.43 Å². The van der Waals surface area contributed by atoms with Gasteiger partial charge in [-0.1, -0.05) is 18.2 Å². The van der Waals surface area contributed by atoms with E-state index in [0.717, 1.165) is 5.01 Å². The first-order chi connectivity index (χ1) is 14.4. The molecule has 0 aliphatic heterocycles. The van der Waals surface area contributed by atoms with Gasteiger partial charge >= 0.3 is 0 Å². The number of hydrazine groups is 1. The first kappa shape index (κ1) is 20.8. The highest BCUT2D eigenvalue weighted by Crippen LogP contribution is 2.19. The molecule has 0 unspecified atom stereocenters. The normalized spacial score (nSPS) is 10.3. The van der Waals surface area contributed by atoms with Crippen molar-refractivity contribution >= 4 is 28.9 Å². The molecule has 0 spiro atoms. The number of nitrogens with zero attached hydrogens (tertiary/aromatic N) is 3. The zero-order valence-corrected chi connectivity index (χ0v) is 15.4. The summed E-state index contributed by atoms with van der Waals surface area (Å²) in [4.78, 5) is 25.7. The molecule has 0 aromatic heterocycles. The van der Waals surface area contributed by atoms with Crippen LogP contribution >= 0.6 is 0 Å². The Morgan fingerprint density at radius 2 is 1.23 bits per heavy atom. The predicted molar refractivity (Wildman–Crippen MR) is 109 cm³/mol. The second-order valence-corrected chi connectivity index (χ2v) is 6.06. The number of carbonyl (C=O) groups excluding carboxylic acids is 2. The number of hydrogen-bond donors (Lipinski definition) is 3. The van der Waals surface area contributed by atoms with Crippen LogP contribution in [0, 0.1) is 10.4 Å². The molecule has 3 aromatic carbocycles. The number of rotatable bonds is 5. The average molecular weight is 408 g/mol. The first-order valence-corrected chi connectivity index (χ1v) is 8.59. The van der Waals surface area contributed by atoms with Crippen molar-refractivity contribution in [2.45, 2.75) is 0 Å². The van der Waals surface area contributed by atoms with Crippen LogP contribution in [0.4, 0.5) is 17.1 Å². The molecule has 0 heterocycles. The minimum Gasteiger partial charge on any atom is -0.769 e. The van der Waals surface area contributed by atoms with Crippen LogP contribution in [0.25, 0.3) is 0 Å². The van der Waals surface area contributed by atoms with Gasteiger partial charge in [0.1, 0.15) is 0 Å². The number of anilines is 3. The van der Waals surface area contributed by atoms with Crippen molar-refractivity contribution in [1.29, 1.82) is 0 Å². The zero-order valence-electron chi connectivity index (χ0n) is 15.4. The fourth-order valence-corrected chi connectivity index (χ4v) is 2.58. The molecular formula is C20H16N4O6-2. The summed E-state index contributed by atoms with van der Waals surface area (Å²) >= 11 is 0. The Kier molecular flexibility index (Phi) is 6.25. The average Bonchev–Trinajstić information content (AvgIpc) is 2.77. The van der Waals surface area contributed by atoms with E-state index < -0.39 is 17.0 Å². The van der Waals surface area contributed by atoms with Crippen molar-refractivity contribution in [3.63, 3.8) is 0 Å². The van der Waals surface area contributed by atoms with E-state index in [1.807, 2.05) is 0 Å². The molecule has 154 valence electrons. The number of benzene rings is 3. The van der Waals surface area contributed by atoms with Gasteiger partial charge in [0.15, 0.2) is 0 Å². The molecule has 0 bridgehead atoms. The Hall–Kier alpha value is -3.96. The van der Waals surface area contributed by atoms with Crippen LogP contribution in [-0.4, -0.2) is 22.2 Å². The SMILES string of the molecule is O=C(NN(C(=O)c1ccc(N(O)O)cc1)c1ccccc1)c1ccc(N([O-])[O-])cc1. The minimum atomic E-state index is -0.643. The van der Waals surface area contributed by atoms with Crippen molar-refractivity contribution < 1.29 is 20.0 Å². The minimum absolute atomic E-state index is 0.0488. The van der Waals surface area contributed by atoms with E-state index in [1.54, 1.807) is 30.3 Å². The van der Waals surface area contributed by atoms with E-state index in [2.05, 4.69) is 5.43 Å². The van der Waals surface area contributed by atoms with Gasteiger partial charge in [0.05, 0.1) is 11.4 Å². The van der Waals surface area contributed by atoms with E-state index in [9.17, 15) is 20.0 Å². The van der Waals surface area contributed by atoms with Crippen LogP contribution in [0.1, 0.15) is 20.7 Å². The lowest BCUT2D eigenvalue weighted by Gasteiger charge is -2.37. The standard InChI is InChI=1S/C20H16N4O6/c25-19(14-6-10-17(11-7-14)23(27)28)21-22(16-4-2-1-3-5-16)20(26)15-8-12-18(13-9-15)24(29)30/h1-13,29-30H,(H,21,25)/q-2. The van der Waals surface area contributed by atoms with Crippen molar-refractivity contribution in [3.05, 3.63) is 100 Å². The highest BCUT2D eigenvalue weighted by atomic mass is 16.8. The molecule has 10 heteroatoms. The summed E-state index contributed by atoms with van der Waals surface area (Å²) in [5, 5.41) is 40.0. The smallest absolute Gasteiger partial charge is 0.277 e. The zero-order chi connectivity index (χ0) is 21.7. The molecule has 0 fully saturated rings. The Balaban J connectivity index is 1.87. The third kappa shape index (κ3) is 4.71. The van der Waals surface area contributed by atoms with Gasteiger partial charge < -0.3 is 15.6 Å². The van der Waals surface area contributed by atoms with Crippen molar-refractivity contribution in [2.75, 3.05) is 15.5 Å². The Labute approximate surface area is 170 Å². The van der Waals surface area contributed by atoms with E-state index in [4.69, 9.17) is 10.4 Å². The van der Waals surface area contributed by atoms with Crippen molar-refractivity contribution in [3.8, 4) is 0 Å². The summed E-state index contributed by atoms with van der Waals surface area (Å²) in [7, 11) is 0. The van der Waals surface area contributed by atoms with Crippen LogP contribution in [0.3, 0.4) is 0 Å². The molecule has 0 saturated carbocycles. The Morgan fingerprint density at radius 1 is 0.700 bits per heavy atom. The molecule has 30 heavy (non-hydrogen) atoms. The van der Waals surface area contributed by atoms with E-state index in [1.165, 1.54) is 48.5 Å². The Morgan fingerprint density at radius 3 is 1.77 bits per heavy atom. The number of nitrogens with one attached hydrogen (secondary N) is 1. The first-order valence-electron chi connectivity index (χ1n) is 8.59. The molecule has 2 amide bonds. The topological polar surface area (TPSA) is 142 Å². The van der Waals surface area contributed by atoms with Gasteiger partial charge in [-0.15, -0.1) is 5.23 Å². The summed E-state index contributed by atoms with van der Waals surface area (Å²) in [6.07, 6.45) is 0. The van der Waals surface area contributed by atoms with Gasteiger partial charge in [-0.05, 0) is 60.7 Å². The van der Waals surface area contributed by atoms with Gasteiger partial charge in [-0.2, -0.15) is 0 Å². The van der Waals surface area contributed by atoms with Gasteiger partial charge in [-0.25, -0.2) is 5.01 Å². The molecule has 0 saturated heterocycles. The van der Waals surface area contributed by atoms with Crippen LogP contribution in [0.5, 0.6) is 0 Å². The summed E-state index contributed by atoms with van der Waals surface area (Å²) < 4.78 is 0.